The van der Waals surface area contributed by atoms with Crippen LogP contribution in [0.1, 0.15) is 17.2 Å². The van der Waals surface area contributed by atoms with Crippen LogP contribution in [0.15, 0.2) is 42.7 Å². The number of hydrogen-bond acceptors (Lipinski definition) is 3. The summed E-state index contributed by atoms with van der Waals surface area (Å²) in [4.78, 5) is 0. The van der Waals surface area contributed by atoms with Crippen LogP contribution in [0.4, 0.5) is 4.39 Å². The van der Waals surface area contributed by atoms with Crippen LogP contribution in [0.5, 0.6) is 0 Å². The van der Waals surface area contributed by atoms with Crippen LogP contribution in [0.3, 0.4) is 0 Å². The van der Waals surface area contributed by atoms with E-state index in [0.717, 1.165) is 5.56 Å². The van der Waals surface area contributed by atoms with Crippen molar-refractivity contribution in [2.24, 2.45) is 0 Å². The number of hydrogen-bond donors (Lipinski definition) is 1. The molecule has 4 heteroatoms. The molecule has 0 amide bonds. The van der Waals surface area contributed by atoms with Gasteiger partial charge in [-0.2, -0.15) is 10.2 Å². The van der Waals surface area contributed by atoms with Crippen LogP contribution >= 0.6 is 0 Å². The Morgan fingerprint density at radius 1 is 1.19 bits per heavy atom. The van der Waals surface area contributed by atoms with E-state index >= 15 is 0 Å². The van der Waals surface area contributed by atoms with Crippen LogP contribution < -0.4 is 5.32 Å². The smallest absolute Gasteiger partial charge is 0.128 e. The molecule has 0 bridgehead atoms. The minimum Gasteiger partial charge on any atom is -0.309 e. The van der Waals surface area contributed by atoms with Gasteiger partial charge in [-0.15, -0.1) is 0 Å². The lowest BCUT2D eigenvalue weighted by Gasteiger charge is -2.16. The maximum absolute atomic E-state index is 13.6. The van der Waals surface area contributed by atoms with E-state index in [9.17, 15) is 4.39 Å². The second kappa shape index (κ2) is 4.81. The zero-order valence-corrected chi connectivity index (χ0v) is 8.89. The van der Waals surface area contributed by atoms with E-state index in [0.29, 0.717) is 5.56 Å². The first-order valence-corrected chi connectivity index (χ1v) is 5.01. The highest BCUT2D eigenvalue weighted by atomic mass is 19.1. The van der Waals surface area contributed by atoms with E-state index < -0.39 is 0 Å². The van der Waals surface area contributed by atoms with Crippen LogP contribution in [0.25, 0.3) is 0 Å². The molecule has 16 heavy (non-hydrogen) atoms. The van der Waals surface area contributed by atoms with Crippen molar-refractivity contribution >= 4 is 0 Å². The fourth-order valence-corrected chi connectivity index (χ4v) is 1.68. The summed E-state index contributed by atoms with van der Waals surface area (Å²) in [5.74, 6) is -0.223. The third-order valence-corrected chi connectivity index (χ3v) is 2.45. The maximum atomic E-state index is 13.6. The first-order valence-electron chi connectivity index (χ1n) is 5.01. The quantitative estimate of drug-likeness (QED) is 0.853. The van der Waals surface area contributed by atoms with E-state index in [2.05, 4.69) is 15.5 Å². The predicted octanol–water partition coefficient (Wildman–Crippen LogP) is 1.92. The summed E-state index contributed by atoms with van der Waals surface area (Å²) in [6.07, 6.45) is 3.23. The van der Waals surface area contributed by atoms with Gasteiger partial charge in [0.1, 0.15) is 5.82 Å². The zero-order chi connectivity index (χ0) is 11.4. The lowest BCUT2D eigenvalue weighted by atomic mass is 10.0. The molecule has 1 N–H and O–H groups in total. The van der Waals surface area contributed by atoms with Crippen molar-refractivity contribution in [3.63, 3.8) is 0 Å². The minimum absolute atomic E-state index is 0.198. The monoisotopic (exact) mass is 217 g/mol. The molecule has 1 atom stereocenters. The van der Waals surface area contributed by atoms with E-state index in [1.807, 2.05) is 12.1 Å². The Bertz CT molecular complexity index is 459. The molecule has 0 spiro atoms. The number of aromatic nitrogens is 2. The van der Waals surface area contributed by atoms with Gasteiger partial charge in [0.05, 0.1) is 12.2 Å². The van der Waals surface area contributed by atoms with E-state index in [1.165, 1.54) is 6.07 Å². The standard InChI is InChI=1S/C12H12FN3/c1-14-12(9-6-7-15-16-8-9)10-4-2-3-5-11(10)13/h2-8,12,14H,1H3. The fourth-order valence-electron chi connectivity index (χ4n) is 1.68. The number of halogens is 1. The highest BCUT2D eigenvalue weighted by Gasteiger charge is 2.15. The van der Waals surface area contributed by atoms with Gasteiger partial charge in [0, 0.05) is 11.8 Å². The van der Waals surface area contributed by atoms with Gasteiger partial charge in [0.15, 0.2) is 0 Å². The maximum Gasteiger partial charge on any atom is 0.128 e. The summed E-state index contributed by atoms with van der Waals surface area (Å²) in [6.45, 7) is 0. The van der Waals surface area contributed by atoms with Gasteiger partial charge in [0.2, 0.25) is 0 Å². The topological polar surface area (TPSA) is 37.8 Å². The molecule has 1 aromatic carbocycles. The van der Waals surface area contributed by atoms with Gasteiger partial charge in [-0.25, -0.2) is 4.39 Å². The van der Waals surface area contributed by atoms with Crippen molar-refractivity contribution in [3.8, 4) is 0 Å². The van der Waals surface area contributed by atoms with Gasteiger partial charge in [-0.05, 0) is 24.7 Å². The predicted molar refractivity (Wildman–Crippen MR) is 59.3 cm³/mol. The van der Waals surface area contributed by atoms with Gasteiger partial charge in [0.25, 0.3) is 0 Å². The molecule has 0 aliphatic rings. The third-order valence-electron chi connectivity index (χ3n) is 2.45. The average molecular weight is 217 g/mol. The van der Waals surface area contributed by atoms with Crippen molar-refractivity contribution < 1.29 is 4.39 Å². The van der Waals surface area contributed by atoms with E-state index in [-0.39, 0.29) is 11.9 Å². The van der Waals surface area contributed by atoms with Crippen molar-refractivity contribution in [1.82, 2.24) is 15.5 Å². The Morgan fingerprint density at radius 2 is 2.00 bits per heavy atom. The molecule has 0 saturated heterocycles. The summed E-state index contributed by atoms with van der Waals surface area (Å²) >= 11 is 0. The van der Waals surface area contributed by atoms with Crippen LogP contribution in [0, 0.1) is 5.82 Å². The molecule has 2 rings (SSSR count). The van der Waals surface area contributed by atoms with Gasteiger partial charge in [-0.3, -0.25) is 0 Å². The summed E-state index contributed by atoms with van der Waals surface area (Å²) in [5, 5.41) is 10.6. The Hall–Kier alpha value is -1.81. The van der Waals surface area contributed by atoms with Crippen LogP contribution in [0.2, 0.25) is 0 Å². The lowest BCUT2D eigenvalue weighted by molar-refractivity contribution is 0.575. The van der Waals surface area contributed by atoms with Crippen molar-refractivity contribution in [2.75, 3.05) is 7.05 Å². The summed E-state index contributed by atoms with van der Waals surface area (Å²) in [6, 6.07) is 8.33. The molecule has 3 nitrogen and oxygen atoms in total. The molecule has 82 valence electrons. The lowest BCUT2D eigenvalue weighted by Crippen LogP contribution is -2.19. The molecule has 0 fully saturated rings. The molecule has 1 unspecified atom stereocenters. The molecular formula is C12H12FN3. The van der Waals surface area contributed by atoms with Crippen molar-refractivity contribution in [1.29, 1.82) is 0 Å². The molecule has 0 aliphatic heterocycles. The first kappa shape index (κ1) is 10.7. The zero-order valence-electron chi connectivity index (χ0n) is 8.89. The normalized spacial score (nSPS) is 12.4. The largest absolute Gasteiger partial charge is 0.309 e. The SMILES string of the molecule is CNC(c1ccnnc1)c1ccccc1F. The second-order valence-corrected chi connectivity index (χ2v) is 3.42. The summed E-state index contributed by atoms with van der Waals surface area (Å²) in [7, 11) is 1.79. The highest BCUT2D eigenvalue weighted by molar-refractivity contribution is 5.30. The van der Waals surface area contributed by atoms with Gasteiger partial charge in [-0.1, -0.05) is 18.2 Å². The second-order valence-electron chi connectivity index (χ2n) is 3.42. The van der Waals surface area contributed by atoms with E-state index in [1.54, 1.807) is 31.6 Å². The average Bonchev–Trinajstić information content (AvgIpc) is 2.34. The third kappa shape index (κ3) is 2.06. The molecule has 0 radical (unpaired) electrons. The summed E-state index contributed by atoms with van der Waals surface area (Å²) in [5.41, 5.74) is 1.50. The number of benzene rings is 1. The van der Waals surface area contributed by atoms with Crippen molar-refractivity contribution in [3.05, 3.63) is 59.7 Å². The highest BCUT2D eigenvalue weighted by Crippen LogP contribution is 2.22. The van der Waals surface area contributed by atoms with E-state index in [4.69, 9.17) is 0 Å². The minimum atomic E-state index is -0.223. The molecular weight excluding hydrogens is 205 g/mol. The molecule has 1 heterocycles. The number of rotatable bonds is 3. The Balaban J connectivity index is 2.41. The van der Waals surface area contributed by atoms with Crippen molar-refractivity contribution in [2.45, 2.75) is 6.04 Å². The van der Waals surface area contributed by atoms with Gasteiger partial charge >= 0.3 is 0 Å². The number of nitrogens with zero attached hydrogens (tertiary/aromatic N) is 2. The fraction of sp³-hybridized carbons (Fsp3) is 0.167. The summed E-state index contributed by atoms with van der Waals surface area (Å²) < 4.78 is 13.6. The number of nitrogens with one attached hydrogen (secondary N) is 1. The molecule has 0 saturated carbocycles. The van der Waals surface area contributed by atoms with Crippen LogP contribution in [-0.4, -0.2) is 17.2 Å². The first-order chi connectivity index (χ1) is 7.83. The van der Waals surface area contributed by atoms with Gasteiger partial charge < -0.3 is 5.32 Å². The Morgan fingerprint density at radius 3 is 2.62 bits per heavy atom. The Labute approximate surface area is 93.3 Å². The molecule has 0 aliphatic carbocycles. The molecule has 2 aromatic rings. The Kier molecular flexibility index (Phi) is 3.22. The van der Waals surface area contributed by atoms with Crippen LogP contribution in [-0.2, 0) is 0 Å². The molecule has 1 aromatic heterocycles.